The fourth-order valence-electron chi connectivity index (χ4n) is 3.59. The molecule has 0 fully saturated rings. The Morgan fingerprint density at radius 2 is 2.31 bits per heavy atom. The number of nitrogens with zero attached hydrogens (tertiary/aromatic N) is 2. The van der Waals surface area contributed by atoms with Gasteiger partial charge in [0.25, 0.3) is 0 Å². The first-order valence-corrected chi connectivity index (χ1v) is 9.83. The van der Waals surface area contributed by atoms with Gasteiger partial charge in [0.2, 0.25) is 5.91 Å². The number of hydrogen-bond acceptors (Lipinski definition) is 3. The van der Waals surface area contributed by atoms with Gasteiger partial charge in [0.1, 0.15) is 17.6 Å². The van der Waals surface area contributed by atoms with Crippen LogP contribution in [0, 0.1) is 17.2 Å². The minimum Gasteiger partial charge on any atom is -0.338 e. The summed E-state index contributed by atoms with van der Waals surface area (Å²) in [6.07, 6.45) is 4.90. The first-order valence-electron chi connectivity index (χ1n) is 8.64. The number of hydrogen-bond donors (Lipinski definition) is 1. The molecule has 4 nitrogen and oxygen atoms in total. The van der Waals surface area contributed by atoms with Crippen LogP contribution in [0.5, 0.6) is 0 Å². The number of halogens is 1. The number of thiophene rings is 1. The van der Waals surface area contributed by atoms with Crippen molar-refractivity contribution in [2.45, 2.75) is 32.7 Å². The number of fused-ring (bicyclic) bond motifs is 2. The molecule has 132 valence electrons. The van der Waals surface area contributed by atoms with Crippen molar-refractivity contribution in [1.29, 1.82) is 5.26 Å². The normalized spacial score (nSPS) is 16.3. The quantitative estimate of drug-likeness (QED) is 0.692. The van der Waals surface area contributed by atoms with Crippen molar-refractivity contribution in [1.82, 2.24) is 4.57 Å². The van der Waals surface area contributed by atoms with E-state index in [2.05, 4.69) is 18.3 Å². The Morgan fingerprint density at radius 1 is 1.46 bits per heavy atom. The van der Waals surface area contributed by atoms with Crippen LogP contribution in [0.1, 0.15) is 29.3 Å². The zero-order valence-electron chi connectivity index (χ0n) is 14.4. The lowest BCUT2D eigenvalue weighted by molar-refractivity contribution is -0.116. The molecule has 6 heteroatoms. The van der Waals surface area contributed by atoms with E-state index in [9.17, 15) is 10.1 Å². The van der Waals surface area contributed by atoms with Gasteiger partial charge in [-0.1, -0.05) is 18.5 Å². The Bertz CT molecular complexity index is 1040. The second-order valence-corrected chi connectivity index (χ2v) is 8.40. The number of aromatic nitrogens is 1. The zero-order chi connectivity index (χ0) is 18.3. The molecule has 1 aliphatic rings. The lowest BCUT2D eigenvalue weighted by atomic mass is 9.89. The van der Waals surface area contributed by atoms with Crippen LogP contribution >= 0.6 is 22.9 Å². The Morgan fingerprint density at radius 3 is 3.12 bits per heavy atom. The Balaban J connectivity index is 1.56. The van der Waals surface area contributed by atoms with Gasteiger partial charge in [-0.15, -0.1) is 11.3 Å². The Labute approximate surface area is 161 Å². The van der Waals surface area contributed by atoms with E-state index in [4.69, 9.17) is 11.6 Å². The fraction of sp³-hybridized carbons (Fsp3) is 0.300. The van der Waals surface area contributed by atoms with E-state index in [1.165, 1.54) is 4.88 Å². The van der Waals surface area contributed by atoms with E-state index in [0.29, 0.717) is 21.5 Å². The molecule has 26 heavy (non-hydrogen) atoms. The number of anilines is 1. The van der Waals surface area contributed by atoms with Gasteiger partial charge in [0, 0.05) is 27.0 Å². The fourth-order valence-corrected chi connectivity index (χ4v) is 5.14. The molecule has 2 heterocycles. The molecule has 0 spiro atoms. The molecule has 4 rings (SSSR count). The maximum atomic E-state index is 12.6. The van der Waals surface area contributed by atoms with Crippen molar-refractivity contribution in [3.05, 3.63) is 51.5 Å². The molecule has 2 aromatic heterocycles. The second kappa shape index (κ2) is 6.79. The molecule has 0 bridgehead atoms. The number of nitrogens with one attached hydrogen (secondary N) is 1. The molecule has 0 saturated carbocycles. The van der Waals surface area contributed by atoms with Gasteiger partial charge in [-0.05, 0) is 55.0 Å². The van der Waals surface area contributed by atoms with Crippen LogP contribution in [0.2, 0.25) is 5.02 Å². The summed E-state index contributed by atoms with van der Waals surface area (Å²) in [4.78, 5) is 13.8. The largest absolute Gasteiger partial charge is 0.338 e. The Hall–Kier alpha value is -2.29. The zero-order valence-corrected chi connectivity index (χ0v) is 16.0. The monoisotopic (exact) mass is 383 g/mol. The molecule has 1 amide bonds. The highest BCUT2D eigenvalue weighted by Crippen LogP contribution is 2.39. The molecule has 3 aromatic rings. The third kappa shape index (κ3) is 3.11. The summed E-state index contributed by atoms with van der Waals surface area (Å²) in [6, 6.07) is 9.85. The van der Waals surface area contributed by atoms with Gasteiger partial charge in [0.05, 0.1) is 5.56 Å². The van der Waals surface area contributed by atoms with Gasteiger partial charge in [-0.2, -0.15) is 5.26 Å². The highest BCUT2D eigenvalue weighted by Gasteiger charge is 2.24. The molecular weight excluding hydrogens is 366 g/mol. The van der Waals surface area contributed by atoms with Crippen molar-refractivity contribution < 1.29 is 4.79 Å². The number of nitriles is 1. The minimum absolute atomic E-state index is 0.124. The predicted molar refractivity (Wildman–Crippen MR) is 106 cm³/mol. The summed E-state index contributed by atoms with van der Waals surface area (Å²) < 4.78 is 1.89. The van der Waals surface area contributed by atoms with Gasteiger partial charge in [0.15, 0.2) is 0 Å². The van der Waals surface area contributed by atoms with Crippen LogP contribution in [-0.2, 0) is 24.2 Å². The summed E-state index contributed by atoms with van der Waals surface area (Å²) in [5, 5.41) is 14.9. The van der Waals surface area contributed by atoms with Crippen LogP contribution in [0.3, 0.4) is 0 Å². The van der Waals surface area contributed by atoms with Crippen molar-refractivity contribution in [3.8, 4) is 6.07 Å². The third-order valence-electron chi connectivity index (χ3n) is 4.92. The maximum absolute atomic E-state index is 12.6. The second-order valence-electron chi connectivity index (χ2n) is 6.86. The predicted octanol–water partition coefficient (Wildman–Crippen LogP) is 4.99. The smallest absolute Gasteiger partial charge is 0.244 e. The number of rotatable bonds is 3. The summed E-state index contributed by atoms with van der Waals surface area (Å²) in [5.41, 5.74) is 2.74. The molecule has 0 aliphatic heterocycles. The number of amides is 1. The van der Waals surface area contributed by atoms with E-state index >= 15 is 0 Å². The first kappa shape index (κ1) is 17.1. The standard InChI is InChI=1S/C20H18ClN3OS/c1-12-2-4-15-16(10-22)20(26-18(15)8-12)23-19(25)11-24-7-6-13-9-14(21)3-5-17(13)24/h3,5-7,9,12H,2,4,8,11H2,1H3,(H,23,25). The van der Waals surface area contributed by atoms with Crippen LogP contribution in [0.4, 0.5) is 5.00 Å². The highest BCUT2D eigenvalue weighted by atomic mass is 35.5. The summed E-state index contributed by atoms with van der Waals surface area (Å²) >= 11 is 7.57. The van der Waals surface area contributed by atoms with E-state index in [-0.39, 0.29) is 12.5 Å². The topological polar surface area (TPSA) is 57.8 Å². The van der Waals surface area contributed by atoms with E-state index in [1.807, 2.05) is 35.0 Å². The summed E-state index contributed by atoms with van der Waals surface area (Å²) in [6.45, 7) is 2.44. The molecule has 1 N–H and O–H groups in total. The van der Waals surface area contributed by atoms with Gasteiger partial charge in [-0.3, -0.25) is 4.79 Å². The highest BCUT2D eigenvalue weighted by molar-refractivity contribution is 7.16. The van der Waals surface area contributed by atoms with Gasteiger partial charge < -0.3 is 9.88 Å². The SMILES string of the molecule is CC1CCc2c(sc(NC(=O)Cn3ccc4cc(Cl)ccc43)c2C#N)C1. The number of benzene rings is 1. The van der Waals surface area contributed by atoms with E-state index in [1.54, 1.807) is 11.3 Å². The molecule has 0 radical (unpaired) electrons. The van der Waals surface area contributed by atoms with Crippen LogP contribution in [-0.4, -0.2) is 10.5 Å². The van der Waals surface area contributed by atoms with E-state index < -0.39 is 0 Å². The number of carbonyl (C=O) groups excluding carboxylic acids is 1. The lowest BCUT2D eigenvalue weighted by Crippen LogP contribution is -2.18. The maximum Gasteiger partial charge on any atom is 0.244 e. The van der Waals surface area contributed by atoms with Crippen molar-refractivity contribution >= 4 is 44.7 Å². The summed E-state index contributed by atoms with van der Waals surface area (Å²) in [7, 11) is 0. The molecule has 1 aliphatic carbocycles. The van der Waals surface area contributed by atoms with Gasteiger partial charge in [-0.25, -0.2) is 0 Å². The van der Waals surface area contributed by atoms with Crippen molar-refractivity contribution in [3.63, 3.8) is 0 Å². The van der Waals surface area contributed by atoms with E-state index in [0.717, 1.165) is 35.7 Å². The molecule has 1 aromatic carbocycles. The lowest BCUT2D eigenvalue weighted by Gasteiger charge is -2.17. The molecule has 1 unspecified atom stereocenters. The number of carbonyl (C=O) groups is 1. The molecular formula is C20H18ClN3OS. The van der Waals surface area contributed by atoms with Crippen molar-refractivity contribution in [2.75, 3.05) is 5.32 Å². The average molecular weight is 384 g/mol. The van der Waals surface area contributed by atoms with Crippen molar-refractivity contribution in [2.24, 2.45) is 5.92 Å². The first-order chi connectivity index (χ1) is 12.5. The van der Waals surface area contributed by atoms with Crippen LogP contribution in [0.15, 0.2) is 30.5 Å². The van der Waals surface area contributed by atoms with Gasteiger partial charge >= 0.3 is 0 Å². The molecule has 0 saturated heterocycles. The summed E-state index contributed by atoms with van der Waals surface area (Å²) in [5.74, 6) is 0.509. The minimum atomic E-state index is -0.124. The molecule has 1 atom stereocenters. The van der Waals surface area contributed by atoms with Crippen LogP contribution < -0.4 is 5.32 Å². The van der Waals surface area contributed by atoms with Crippen LogP contribution in [0.25, 0.3) is 10.9 Å². The third-order valence-corrected chi connectivity index (χ3v) is 6.33. The average Bonchev–Trinajstić information content (AvgIpc) is 3.14. The Kier molecular flexibility index (Phi) is 4.47.